The Morgan fingerprint density at radius 1 is 1.12 bits per heavy atom. The summed E-state index contributed by atoms with van der Waals surface area (Å²) in [7, 11) is 0. The molecule has 2 heteroatoms. The largest absolute Gasteiger partial charge is 0.316 e. The van der Waals surface area contributed by atoms with Gasteiger partial charge in [-0.25, -0.2) is 0 Å². The fraction of sp³-hybridized carbons (Fsp3) is 0.667. The monoisotopic (exact) mass is 230 g/mol. The van der Waals surface area contributed by atoms with E-state index in [0.717, 1.165) is 30.7 Å². The minimum Gasteiger partial charge on any atom is -0.316 e. The van der Waals surface area contributed by atoms with E-state index in [9.17, 15) is 0 Å². The normalized spacial score (nSPS) is 19.8. The standard InChI is InChI=1S/C15H22N2/c1-2-13(1)15(14-3-4-14)11-17-10-7-12-5-8-16-9-6-12/h5-6,8-9,13-15,17H,1-4,7,10-11H2. The highest BCUT2D eigenvalue weighted by Gasteiger charge is 2.40. The van der Waals surface area contributed by atoms with Gasteiger partial charge in [-0.1, -0.05) is 0 Å². The molecule has 0 aromatic carbocycles. The molecule has 1 N–H and O–H groups in total. The van der Waals surface area contributed by atoms with E-state index in [4.69, 9.17) is 0 Å². The lowest BCUT2D eigenvalue weighted by molar-refractivity contribution is 0.380. The lowest BCUT2D eigenvalue weighted by Crippen LogP contribution is -2.27. The third-order valence-electron chi connectivity index (χ3n) is 4.17. The number of pyridine rings is 1. The molecule has 17 heavy (non-hydrogen) atoms. The Balaban J connectivity index is 1.37. The predicted molar refractivity (Wildman–Crippen MR) is 69.7 cm³/mol. The molecule has 0 atom stereocenters. The molecule has 0 bridgehead atoms. The number of nitrogens with one attached hydrogen (secondary N) is 1. The molecule has 0 radical (unpaired) electrons. The van der Waals surface area contributed by atoms with E-state index in [1.54, 1.807) is 0 Å². The van der Waals surface area contributed by atoms with Crippen molar-refractivity contribution >= 4 is 0 Å². The van der Waals surface area contributed by atoms with Gasteiger partial charge in [0.2, 0.25) is 0 Å². The zero-order valence-corrected chi connectivity index (χ0v) is 10.4. The fourth-order valence-corrected chi connectivity index (χ4v) is 2.82. The maximum atomic E-state index is 4.04. The summed E-state index contributed by atoms with van der Waals surface area (Å²) in [4.78, 5) is 4.04. The molecule has 0 unspecified atom stereocenters. The average molecular weight is 230 g/mol. The number of aromatic nitrogens is 1. The first-order chi connectivity index (χ1) is 8.43. The van der Waals surface area contributed by atoms with Gasteiger partial charge in [-0.2, -0.15) is 0 Å². The SMILES string of the molecule is c1cc(CCNCC(C2CC2)C2CC2)ccn1. The van der Waals surface area contributed by atoms with Crippen LogP contribution in [0.2, 0.25) is 0 Å². The number of rotatable bonds is 7. The molecule has 0 amide bonds. The van der Waals surface area contributed by atoms with Crippen LogP contribution in [-0.4, -0.2) is 18.1 Å². The first-order valence-corrected chi connectivity index (χ1v) is 7.03. The van der Waals surface area contributed by atoms with E-state index in [1.807, 2.05) is 12.4 Å². The molecule has 1 aromatic heterocycles. The number of nitrogens with zero attached hydrogens (tertiary/aromatic N) is 1. The fourth-order valence-electron chi connectivity index (χ4n) is 2.82. The third kappa shape index (κ3) is 3.29. The van der Waals surface area contributed by atoms with Gasteiger partial charge in [0.05, 0.1) is 0 Å². The van der Waals surface area contributed by atoms with Crippen LogP contribution < -0.4 is 5.32 Å². The van der Waals surface area contributed by atoms with Crippen LogP contribution in [-0.2, 0) is 6.42 Å². The molecule has 2 saturated carbocycles. The second kappa shape index (κ2) is 5.18. The van der Waals surface area contributed by atoms with Crippen molar-refractivity contribution in [3.8, 4) is 0 Å². The molecule has 0 saturated heterocycles. The lowest BCUT2D eigenvalue weighted by atomic mass is 9.98. The molecule has 0 spiro atoms. The predicted octanol–water partition coefficient (Wildman–Crippen LogP) is 2.65. The topological polar surface area (TPSA) is 24.9 Å². The quantitative estimate of drug-likeness (QED) is 0.728. The first kappa shape index (κ1) is 11.2. The summed E-state index contributed by atoms with van der Waals surface area (Å²) in [6, 6.07) is 4.22. The Morgan fingerprint density at radius 2 is 1.76 bits per heavy atom. The van der Waals surface area contributed by atoms with Crippen molar-refractivity contribution in [2.45, 2.75) is 32.1 Å². The Kier molecular flexibility index (Phi) is 3.41. The Bertz CT molecular complexity index is 329. The van der Waals surface area contributed by atoms with E-state index < -0.39 is 0 Å². The van der Waals surface area contributed by atoms with Crippen molar-refractivity contribution in [3.63, 3.8) is 0 Å². The van der Waals surface area contributed by atoms with Crippen LogP contribution in [0.5, 0.6) is 0 Å². The molecule has 2 nitrogen and oxygen atoms in total. The summed E-state index contributed by atoms with van der Waals surface area (Å²) < 4.78 is 0. The van der Waals surface area contributed by atoms with Gasteiger partial charge in [-0.3, -0.25) is 4.98 Å². The van der Waals surface area contributed by atoms with E-state index in [0.29, 0.717) is 0 Å². The summed E-state index contributed by atoms with van der Waals surface area (Å²) in [5.74, 6) is 3.12. The maximum absolute atomic E-state index is 4.04. The van der Waals surface area contributed by atoms with Crippen LogP contribution in [0.25, 0.3) is 0 Å². The molecular weight excluding hydrogens is 208 g/mol. The Morgan fingerprint density at radius 3 is 2.35 bits per heavy atom. The zero-order valence-electron chi connectivity index (χ0n) is 10.4. The van der Waals surface area contributed by atoms with Crippen LogP contribution in [0.1, 0.15) is 31.2 Å². The van der Waals surface area contributed by atoms with Gasteiger partial charge in [0.25, 0.3) is 0 Å². The molecule has 2 fully saturated rings. The second-order valence-electron chi connectivity index (χ2n) is 5.65. The van der Waals surface area contributed by atoms with Gasteiger partial charge in [0, 0.05) is 12.4 Å². The average Bonchev–Trinajstić information content (AvgIpc) is 3.24. The van der Waals surface area contributed by atoms with Gasteiger partial charge >= 0.3 is 0 Å². The van der Waals surface area contributed by atoms with Crippen LogP contribution in [0.15, 0.2) is 24.5 Å². The number of hydrogen-bond acceptors (Lipinski definition) is 2. The van der Waals surface area contributed by atoms with E-state index >= 15 is 0 Å². The highest BCUT2D eigenvalue weighted by Crippen LogP contribution is 2.48. The van der Waals surface area contributed by atoms with Crippen LogP contribution in [0.4, 0.5) is 0 Å². The van der Waals surface area contributed by atoms with Gasteiger partial charge in [-0.15, -0.1) is 0 Å². The maximum Gasteiger partial charge on any atom is 0.0270 e. The van der Waals surface area contributed by atoms with E-state index in [1.165, 1.54) is 37.8 Å². The van der Waals surface area contributed by atoms with Crippen LogP contribution >= 0.6 is 0 Å². The molecule has 92 valence electrons. The summed E-state index contributed by atoms with van der Waals surface area (Å²) in [6.07, 6.45) is 10.9. The Labute approximate surface area is 104 Å². The van der Waals surface area contributed by atoms with Gasteiger partial charge in [-0.05, 0) is 80.6 Å². The summed E-state index contributed by atoms with van der Waals surface area (Å²) >= 11 is 0. The van der Waals surface area contributed by atoms with Crippen molar-refractivity contribution in [1.82, 2.24) is 10.3 Å². The van der Waals surface area contributed by atoms with Crippen LogP contribution in [0, 0.1) is 17.8 Å². The van der Waals surface area contributed by atoms with Gasteiger partial charge in [0.15, 0.2) is 0 Å². The first-order valence-electron chi connectivity index (χ1n) is 7.03. The Hall–Kier alpha value is -0.890. The van der Waals surface area contributed by atoms with Crippen molar-refractivity contribution < 1.29 is 0 Å². The smallest absolute Gasteiger partial charge is 0.0270 e. The highest BCUT2D eigenvalue weighted by atomic mass is 14.9. The minimum atomic E-state index is 0.993. The molecule has 2 aliphatic carbocycles. The molecular formula is C15H22N2. The molecule has 3 rings (SSSR count). The summed E-state index contributed by atoms with van der Waals surface area (Å²) in [5.41, 5.74) is 1.39. The van der Waals surface area contributed by atoms with Crippen molar-refractivity contribution in [1.29, 1.82) is 0 Å². The van der Waals surface area contributed by atoms with Crippen molar-refractivity contribution in [3.05, 3.63) is 30.1 Å². The molecule has 1 aromatic rings. The molecule has 2 aliphatic rings. The molecule has 0 aliphatic heterocycles. The number of hydrogen-bond donors (Lipinski definition) is 1. The summed E-state index contributed by atoms with van der Waals surface area (Å²) in [6.45, 7) is 2.36. The van der Waals surface area contributed by atoms with Crippen LogP contribution in [0.3, 0.4) is 0 Å². The van der Waals surface area contributed by atoms with Gasteiger partial charge in [0.1, 0.15) is 0 Å². The minimum absolute atomic E-state index is 0.993. The molecule has 1 heterocycles. The zero-order chi connectivity index (χ0) is 11.5. The van der Waals surface area contributed by atoms with Crippen molar-refractivity contribution in [2.75, 3.05) is 13.1 Å². The van der Waals surface area contributed by atoms with Crippen molar-refractivity contribution in [2.24, 2.45) is 17.8 Å². The second-order valence-corrected chi connectivity index (χ2v) is 5.65. The lowest BCUT2D eigenvalue weighted by Gasteiger charge is -2.16. The third-order valence-corrected chi connectivity index (χ3v) is 4.17. The van der Waals surface area contributed by atoms with Gasteiger partial charge < -0.3 is 5.32 Å². The van der Waals surface area contributed by atoms with E-state index in [-0.39, 0.29) is 0 Å². The summed E-state index contributed by atoms with van der Waals surface area (Å²) in [5, 5.41) is 3.66. The van der Waals surface area contributed by atoms with E-state index in [2.05, 4.69) is 22.4 Å². The highest BCUT2D eigenvalue weighted by molar-refractivity contribution is 5.09.